The Labute approximate surface area is 181 Å². The summed E-state index contributed by atoms with van der Waals surface area (Å²) in [6.45, 7) is 3.52. The van der Waals surface area contributed by atoms with Crippen LogP contribution in [0.15, 0.2) is 42.5 Å². The molecule has 0 aromatic heterocycles. The summed E-state index contributed by atoms with van der Waals surface area (Å²) in [6.07, 6.45) is 2.28. The molecule has 0 spiro atoms. The predicted molar refractivity (Wildman–Crippen MR) is 116 cm³/mol. The number of hydrogen-bond donors (Lipinski definition) is 1. The van der Waals surface area contributed by atoms with E-state index in [0.717, 1.165) is 25.0 Å². The molecule has 7 heteroatoms. The molecule has 2 saturated heterocycles. The van der Waals surface area contributed by atoms with Crippen LogP contribution in [-0.2, 0) is 14.3 Å². The van der Waals surface area contributed by atoms with Gasteiger partial charge in [0.25, 0.3) is 0 Å². The number of benzene rings is 2. The van der Waals surface area contributed by atoms with E-state index in [1.807, 2.05) is 31.2 Å². The Morgan fingerprint density at radius 2 is 2.17 bits per heavy atom. The number of carbonyl (C=O) groups excluding carboxylic acids is 2. The summed E-state index contributed by atoms with van der Waals surface area (Å²) in [4.78, 5) is 27.0. The molecule has 2 aromatic carbocycles. The summed E-state index contributed by atoms with van der Waals surface area (Å²) in [6, 6.07) is 12.8. The number of halogens is 1. The van der Waals surface area contributed by atoms with Crippen molar-refractivity contribution in [2.24, 2.45) is 5.92 Å². The average Bonchev–Trinajstić information content (AvgIpc) is 3.37. The van der Waals surface area contributed by atoms with Gasteiger partial charge in [-0.05, 0) is 55.7 Å². The van der Waals surface area contributed by atoms with Gasteiger partial charge >= 0.3 is 0 Å². The molecule has 0 radical (unpaired) electrons. The van der Waals surface area contributed by atoms with E-state index in [1.165, 1.54) is 0 Å². The van der Waals surface area contributed by atoms with Crippen molar-refractivity contribution in [2.45, 2.75) is 32.3 Å². The van der Waals surface area contributed by atoms with Gasteiger partial charge in [0.2, 0.25) is 11.8 Å². The molecular formula is C23H25ClN2O4. The topological polar surface area (TPSA) is 67.9 Å². The van der Waals surface area contributed by atoms with E-state index in [0.29, 0.717) is 35.3 Å². The summed E-state index contributed by atoms with van der Waals surface area (Å²) in [7, 11) is 0. The highest BCUT2D eigenvalue weighted by atomic mass is 35.5. The minimum absolute atomic E-state index is 0.0869. The van der Waals surface area contributed by atoms with Crippen LogP contribution < -0.4 is 15.0 Å². The Morgan fingerprint density at radius 1 is 1.30 bits per heavy atom. The van der Waals surface area contributed by atoms with Crippen molar-refractivity contribution in [1.29, 1.82) is 0 Å². The number of ether oxygens (including phenoxy) is 2. The van der Waals surface area contributed by atoms with Gasteiger partial charge in [-0.25, -0.2) is 0 Å². The third-order valence-electron chi connectivity index (χ3n) is 5.46. The molecule has 2 amide bonds. The smallest absolute Gasteiger partial charge is 0.229 e. The molecule has 2 fully saturated rings. The van der Waals surface area contributed by atoms with Crippen molar-refractivity contribution in [2.75, 3.05) is 30.0 Å². The number of nitrogens with zero attached hydrogens (tertiary/aromatic N) is 1. The zero-order valence-electron chi connectivity index (χ0n) is 16.9. The molecule has 2 heterocycles. The molecule has 2 atom stereocenters. The van der Waals surface area contributed by atoms with Crippen LogP contribution in [0.5, 0.6) is 5.75 Å². The lowest BCUT2D eigenvalue weighted by Crippen LogP contribution is -2.28. The van der Waals surface area contributed by atoms with Gasteiger partial charge in [-0.3, -0.25) is 9.59 Å². The minimum Gasteiger partial charge on any atom is -0.489 e. The standard InChI is InChI=1S/C23H25ClN2O4/c1-15-7-8-20(21(10-15)30-14-19-6-3-9-29-19)25-23(28)16-11-22(27)26(13-16)18-5-2-4-17(24)12-18/h2,4-5,7-8,10,12,16,19H,3,6,9,11,13-14H2,1H3,(H,25,28). The first kappa shape index (κ1) is 20.7. The lowest BCUT2D eigenvalue weighted by atomic mass is 10.1. The van der Waals surface area contributed by atoms with Crippen LogP contribution >= 0.6 is 11.6 Å². The predicted octanol–water partition coefficient (Wildman–Crippen LogP) is 4.20. The molecular weight excluding hydrogens is 404 g/mol. The van der Waals surface area contributed by atoms with Crippen molar-refractivity contribution in [1.82, 2.24) is 0 Å². The molecule has 30 heavy (non-hydrogen) atoms. The number of rotatable bonds is 6. The largest absolute Gasteiger partial charge is 0.489 e. The zero-order chi connectivity index (χ0) is 21.1. The molecule has 1 N–H and O–H groups in total. The van der Waals surface area contributed by atoms with Crippen molar-refractivity contribution in [3.8, 4) is 5.75 Å². The van der Waals surface area contributed by atoms with E-state index in [9.17, 15) is 9.59 Å². The van der Waals surface area contributed by atoms with Crippen LogP contribution in [0.4, 0.5) is 11.4 Å². The molecule has 2 aliphatic rings. The van der Waals surface area contributed by atoms with E-state index < -0.39 is 5.92 Å². The first-order chi connectivity index (χ1) is 14.5. The summed E-state index contributed by atoms with van der Waals surface area (Å²) >= 11 is 6.04. The van der Waals surface area contributed by atoms with Crippen molar-refractivity contribution < 1.29 is 19.1 Å². The van der Waals surface area contributed by atoms with E-state index in [1.54, 1.807) is 23.1 Å². The second-order valence-corrected chi connectivity index (χ2v) is 8.26. The fraction of sp³-hybridized carbons (Fsp3) is 0.391. The Balaban J connectivity index is 1.43. The van der Waals surface area contributed by atoms with Crippen molar-refractivity contribution in [3.05, 3.63) is 53.1 Å². The molecule has 2 unspecified atom stereocenters. The van der Waals surface area contributed by atoms with Crippen LogP contribution in [0.2, 0.25) is 5.02 Å². The quantitative estimate of drug-likeness (QED) is 0.748. The molecule has 0 bridgehead atoms. The minimum atomic E-state index is -0.441. The Hall–Kier alpha value is -2.57. The maximum Gasteiger partial charge on any atom is 0.229 e. The van der Waals surface area contributed by atoms with Gasteiger partial charge in [-0.15, -0.1) is 0 Å². The number of hydrogen-bond acceptors (Lipinski definition) is 4. The number of amides is 2. The maximum atomic E-state index is 12.9. The van der Waals surface area contributed by atoms with Gasteiger partial charge in [0.05, 0.1) is 17.7 Å². The number of nitrogens with one attached hydrogen (secondary N) is 1. The molecule has 0 saturated carbocycles. The van der Waals surface area contributed by atoms with Crippen LogP contribution in [-0.4, -0.2) is 37.7 Å². The van der Waals surface area contributed by atoms with E-state index in [-0.39, 0.29) is 24.3 Å². The third kappa shape index (κ3) is 4.77. The van der Waals surface area contributed by atoms with Crippen LogP contribution in [0, 0.1) is 12.8 Å². The first-order valence-electron chi connectivity index (χ1n) is 10.2. The fourth-order valence-electron chi connectivity index (χ4n) is 3.82. The third-order valence-corrected chi connectivity index (χ3v) is 5.69. The fourth-order valence-corrected chi connectivity index (χ4v) is 4.01. The summed E-state index contributed by atoms with van der Waals surface area (Å²) in [5, 5.41) is 3.51. The van der Waals surface area contributed by atoms with Crippen molar-refractivity contribution in [3.63, 3.8) is 0 Å². The molecule has 158 valence electrons. The number of anilines is 2. The summed E-state index contributed by atoms with van der Waals surface area (Å²) < 4.78 is 11.6. The van der Waals surface area contributed by atoms with E-state index in [2.05, 4.69) is 5.32 Å². The molecule has 4 rings (SSSR count). The van der Waals surface area contributed by atoms with Gasteiger partial charge in [0, 0.05) is 30.3 Å². The highest BCUT2D eigenvalue weighted by Gasteiger charge is 2.35. The second-order valence-electron chi connectivity index (χ2n) is 7.82. The monoisotopic (exact) mass is 428 g/mol. The zero-order valence-corrected chi connectivity index (χ0v) is 17.7. The van der Waals surface area contributed by atoms with E-state index >= 15 is 0 Å². The first-order valence-corrected chi connectivity index (χ1v) is 10.6. The molecule has 6 nitrogen and oxygen atoms in total. The number of carbonyl (C=O) groups is 2. The maximum absolute atomic E-state index is 12.9. The lowest BCUT2D eigenvalue weighted by Gasteiger charge is -2.18. The summed E-state index contributed by atoms with van der Waals surface area (Å²) in [5.74, 6) is -0.103. The van der Waals surface area contributed by atoms with E-state index in [4.69, 9.17) is 21.1 Å². The van der Waals surface area contributed by atoms with Gasteiger partial charge < -0.3 is 19.7 Å². The van der Waals surface area contributed by atoms with Crippen LogP contribution in [0.3, 0.4) is 0 Å². The highest BCUT2D eigenvalue weighted by molar-refractivity contribution is 6.31. The Kier molecular flexibility index (Phi) is 6.25. The van der Waals surface area contributed by atoms with Crippen LogP contribution in [0.1, 0.15) is 24.8 Å². The van der Waals surface area contributed by atoms with Gasteiger partial charge in [-0.2, -0.15) is 0 Å². The van der Waals surface area contributed by atoms with Crippen molar-refractivity contribution >= 4 is 34.8 Å². The summed E-state index contributed by atoms with van der Waals surface area (Å²) in [5.41, 5.74) is 2.36. The molecule has 2 aromatic rings. The molecule has 0 aliphatic carbocycles. The lowest BCUT2D eigenvalue weighted by molar-refractivity contribution is -0.122. The van der Waals surface area contributed by atoms with Gasteiger partial charge in [-0.1, -0.05) is 23.7 Å². The average molecular weight is 429 g/mol. The number of aryl methyl sites for hydroxylation is 1. The highest BCUT2D eigenvalue weighted by Crippen LogP contribution is 2.30. The van der Waals surface area contributed by atoms with Gasteiger partial charge in [0.1, 0.15) is 12.4 Å². The normalized spacial score (nSPS) is 21.1. The Morgan fingerprint density at radius 3 is 2.93 bits per heavy atom. The Bertz CT molecular complexity index is 943. The van der Waals surface area contributed by atoms with Crippen LogP contribution in [0.25, 0.3) is 0 Å². The molecule has 2 aliphatic heterocycles. The second kappa shape index (κ2) is 9.06. The van der Waals surface area contributed by atoms with Gasteiger partial charge in [0.15, 0.2) is 0 Å². The SMILES string of the molecule is Cc1ccc(NC(=O)C2CC(=O)N(c3cccc(Cl)c3)C2)c(OCC2CCCO2)c1.